The summed E-state index contributed by atoms with van der Waals surface area (Å²) < 4.78 is 5.33. The van der Waals surface area contributed by atoms with E-state index in [1.54, 1.807) is 7.11 Å². The van der Waals surface area contributed by atoms with Gasteiger partial charge in [0.05, 0.1) is 12.7 Å². The van der Waals surface area contributed by atoms with Crippen molar-refractivity contribution < 1.29 is 4.74 Å². The van der Waals surface area contributed by atoms with Crippen molar-refractivity contribution in [2.75, 3.05) is 7.11 Å². The maximum Gasteiger partial charge on any atom is 0.132 e. The normalized spacial score (nSPS) is 10.3. The van der Waals surface area contributed by atoms with E-state index in [9.17, 15) is 0 Å². The molecule has 0 atom stereocenters. The van der Waals surface area contributed by atoms with Crippen LogP contribution in [0.2, 0.25) is 0 Å². The van der Waals surface area contributed by atoms with Crippen molar-refractivity contribution in [1.29, 1.82) is 0 Å². The van der Waals surface area contributed by atoms with Gasteiger partial charge in [-0.25, -0.2) is 0 Å². The molecular weight excluding hydrogens is 194 g/mol. The minimum Gasteiger partial charge on any atom is -0.496 e. The Morgan fingerprint density at radius 1 is 1.43 bits per heavy atom. The summed E-state index contributed by atoms with van der Waals surface area (Å²) in [7, 11) is 1.64. The molecule has 0 spiro atoms. The Balaban J connectivity index is 3.32. The first kappa shape index (κ1) is 11.0. The lowest BCUT2D eigenvalue weighted by Crippen LogP contribution is -2.12. The van der Waals surface area contributed by atoms with E-state index in [1.807, 2.05) is 18.2 Å². The SMILES string of the molecule is COc1c(C(N)=S)cccc1C(C)C. The highest BCUT2D eigenvalue weighted by atomic mass is 32.1. The molecular formula is C11H15NOS. The fourth-order valence-corrected chi connectivity index (χ4v) is 1.59. The minimum absolute atomic E-state index is 0.379. The number of ether oxygens (including phenoxy) is 1. The number of thiocarbonyl (C=S) groups is 1. The number of hydrogen-bond acceptors (Lipinski definition) is 2. The largest absolute Gasteiger partial charge is 0.496 e. The number of nitrogens with two attached hydrogens (primary N) is 1. The number of para-hydroxylation sites is 1. The van der Waals surface area contributed by atoms with Gasteiger partial charge in [0.1, 0.15) is 10.7 Å². The number of methoxy groups -OCH3 is 1. The van der Waals surface area contributed by atoms with E-state index in [0.717, 1.165) is 16.9 Å². The third kappa shape index (κ3) is 2.04. The highest BCUT2D eigenvalue weighted by molar-refractivity contribution is 7.80. The van der Waals surface area contributed by atoms with Crippen LogP contribution >= 0.6 is 12.2 Å². The third-order valence-corrected chi connectivity index (χ3v) is 2.36. The summed E-state index contributed by atoms with van der Waals surface area (Å²) in [5, 5.41) is 0. The lowest BCUT2D eigenvalue weighted by atomic mass is 9.99. The fourth-order valence-electron chi connectivity index (χ4n) is 1.43. The molecule has 0 radical (unpaired) electrons. The maximum atomic E-state index is 5.61. The van der Waals surface area contributed by atoms with E-state index in [0.29, 0.717) is 10.9 Å². The van der Waals surface area contributed by atoms with Gasteiger partial charge < -0.3 is 10.5 Å². The number of benzene rings is 1. The second-order valence-corrected chi connectivity index (χ2v) is 3.89. The van der Waals surface area contributed by atoms with Crippen molar-refractivity contribution in [2.45, 2.75) is 19.8 Å². The second-order valence-electron chi connectivity index (χ2n) is 3.45. The zero-order valence-electron chi connectivity index (χ0n) is 8.70. The predicted octanol–water partition coefficient (Wildman–Crippen LogP) is 2.45. The molecule has 0 saturated heterocycles. The van der Waals surface area contributed by atoms with Gasteiger partial charge in [-0.15, -0.1) is 0 Å². The van der Waals surface area contributed by atoms with Crippen LogP contribution in [0.5, 0.6) is 5.75 Å². The molecule has 0 bridgehead atoms. The molecule has 76 valence electrons. The van der Waals surface area contributed by atoms with Gasteiger partial charge in [-0.05, 0) is 17.5 Å². The molecule has 0 saturated carbocycles. The van der Waals surface area contributed by atoms with Crippen molar-refractivity contribution in [3.8, 4) is 5.75 Å². The van der Waals surface area contributed by atoms with Gasteiger partial charge in [-0.1, -0.05) is 38.2 Å². The monoisotopic (exact) mass is 209 g/mol. The molecule has 1 aromatic rings. The molecule has 2 nitrogen and oxygen atoms in total. The Kier molecular flexibility index (Phi) is 3.47. The third-order valence-electron chi connectivity index (χ3n) is 2.14. The molecule has 2 N–H and O–H groups in total. The van der Waals surface area contributed by atoms with Crippen LogP contribution in [0.15, 0.2) is 18.2 Å². The lowest BCUT2D eigenvalue weighted by molar-refractivity contribution is 0.407. The van der Waals surface area contributed by atoms with Crippen molar-refractivity contribution in [1.82, 2.24) is 0 Å². The molecule has 0 unspecified atom stereocenters. The summed E-state index contributed by atoms with van der Waals surface area (Å²) in [5.74, 6) is 1.20. The Hall–Kier alpha value is -1.09. The van der Waals surface area contributed by atoms with Gasteiger partial charge in [0, 0.05) is 0 Å². The molecule has 3 heteroatoms. The second kappa shape index (κ2) is 4.42. The van der Waals surface area contributed by atoms with Crippen LogP contribution in [0.1, 0.15) is 30.9 Å². The quantitative estimate of drug-likeness (QED) is 0.777. The van der Waals surface area contributed by atoms with E-state index in [1.165, 1.54) is 0 Å². The molecule has 0 aliphatic heterocycles. The Labute approximate surface area is 90.1 Å². The van der Waals surface area contributed by atoms with Crippen LogP contribution < -0.4 is 10.5 Å². The van der Waals surface area contributed by atoms with Crippen LogP contribution in [-0.2, 0) is 0 Å². The number of rotatable bonds is 3. The zero-order chi connectivity index (χ0) is 10.7. The van der Waals surface area contributed by atoms with E-state index >= 15 is 0 Å². The molecule has 0 fully saturated rings. The molecule has 0 amide bonds. The average molecular weight is 209 g/mol. The summed E-state index contributed by atoms with van der Waals surface area (Å²) in [6.07, 6.45) is 0. The predicted molar refractivity (Wildman–Crippen MR) is 63.0 cm³/mol. The van der Waals surface area contributed by atoms with Crippen molar-refractivity contribution in [3.05, 3.63) is 29.3 Å². The Bertz CT molecular complexity index is 347. The van der Waals surface area contributed by atoms with E-state index in [4.69, 9.17) is 22.7 Å². The molecule has 1 aromatic carbocycles. The van der Waals surface area contributed by atoms with E-state index in [2.05, 4.69) is 13.8 Å². The topological polar surface area (TPSA) is 35.2 Å². The summed E-state index contributed by atoms with van der Waals surface area (Å²) in [4.78, 5) is 0.379. The Morgan fingerprint density at radius 2 is 2.07 bits per heavy atom. The van der Waals surface area contributed by atoms with Crippen LogP contribution in [-0.4, -0.2) is 12.1 Å². The number of hydrogen-bond donors (Lipinski definition) is 1. The smallest absolute Gasteiger partial charge is 0.132 e. The van der Waals surface area contributed by atoms with Crippen molar-refractivity contribution in [3.63, 3.8) is 0 Å². The molecule has 14 heavy (non-hydrogen) atoms. The minimum atomic E-state index is 0.379. The van der Waals surface area contributed by atoms with Crippen molar-refractivity contribution >= 4 is 17.2 Å². The van der Waals surface area contributed by atoms with Crippen LogP contribution in [0.3, 0.4) is 0 Å². The van der Waals surface area contributed by atoms with Crippen LogP contribution in [0.4, 0.5) is 0 Å². The summed E-state index contributed by atoms with van der Waals surface area (Å²) >= 11 is 4.96. The summed E-state index contributed by atoms with van der Waals surface area (Å²) in [6.45, 7) is 4.22. The summed E-state index contributed by atoms with van der Waals surface area (Å²) in [5.41, 5.74) is 7.56. The van der Waals surface area contributed by atoms with Gasteiger partial charge >= 0.3 is 0 Å². The molecule has 0 heterocycles. The average Bonchev–Trinajstić information content (AvgIpc) is 2.16. The van der Waals surface area contributed by atoms with E-state index in [-0.39, 0.29) is 0 Å². The lowest BCUT2D eigenvalue weighted by Gasteiger charge is -2.14. The zero-order valence-corrected chi connectivity index (χ0v) is 9.52. The molecule has 0 aliphatic carbocycles. The fraction of sp³-hybridized carbons (Fsp3) is 0.364. The maximum absolute atomic E-state index is 5.61. The van der Waals surface area contributed by atoms with E-state index < -0.39 is 0 Å². The first-order valence-electron chi connectivity index (χ1n) is 4.54. The van der Waals surface area contributed by atoms with Gasteiger partial charge in [0.2, 0.25) is 0 Å². The van der Waals surface area contributed by atoms with Crippen LogP contribution in [0.25, 0.3) is 0 Å². The van der Waals surface area contributed by atoms with Gasteiger partial charge in [0.15, 0.2) is 0 Å². The van der Waals surface area contributed by atoms with Gasteiger partial charge in [0.25, 0.3) is 0 Å². The Morgan fingerprint density at radius 3 is 2.50 bits per heavy atom. The first-order chi connectivity index (χ1) is 6.57. The van der Waals surface area contributed by atoms with Gasteiger partial charge in [-0.3, -0.25) is 0 Å². The van der Waals surface area contributed by atoms with Crippen molar-refractivity contribution in [2.24, 2.45) is 5.73 Å². The highest BCUT2D eigenvalue weighted by Gasteiger charge is 2.12. The van der Waals surface area contributed by atoms with Gasteiger partial charge in [-0.2, -0.15) is 0 Å². The molecule has 0 aromatic heterocycles. The molecule has 1 rings (SSSR count). The highest BCUT2D eigenvalue weighted by Crippen LogP contribution is 2.29. The van der Waals surface area contributed by atoms with Crippen LogP contribution in [0, 0.1) is 0 Å². The standard InChI is InChI=1S/C11H15NOS/c1-7(2)8-5-4-6-9(11(12)14)10(8)13-3/h4-7H,1-3H3,(H2,12,14). The molecule has 0 aliphatic rings. The summed E-state index contributed by atoms with van der Waals surface area (Å²) in [6, 6.07) is 5.87. The first-order valence-corrected chi connectivity index (χ1v) is 4.95.